The van der Waals surface area contributed by atoms with E-state index >= 15 is 0 Å². The van der Waals surface area contributed by atoms with Gasteiger partial charge in [0.2, 0.25) is 5.91 Å². The smallest absolute Gasteiger partial charge is 0.237 e. The molecule has 7 heteroatoms. The van der Waals surface area contributed by atoms with Gasteiger partial charge < -0.3 is 15.8 Å². The van der Waals surface area contributed by atoms with Crippen LogP contribution in [0, 0.1) is 0 Å². The number of halogens is 2. The molecule has 0 radical (unpaired) electrons. The number of amides is 1. The van der Waals surface area contributed by atoms with Crippen molar-refractivity contribution in [1.29, 1.82) is 0 Å². The Kier molecular flexibility index (Phi) is 10.9. The first kappa shape index (κ1) is 20.5. The summed E-state index contributed by atoms with van der Waals surface area (Å²) in [4.78, 5) is 11.8. The van der Waals surface area contributed by atoms with E-state index in [1.165, 1.54) is 0 Å². The fourth-order valence-corrected chi connectivity index (χ4v) is 2.33. The van der Waals surface area contributed by atoms with Gasteiger partial charge >= 0.3 is 0 Å². The van der Waals surface area contributed by atoms with Gasteiger partial charge in [0.15, 0.2) is 0 Å². The molecule has 120 valence electrons. The van der Waals surface area contributed by atoms with Gasteiger partial charge in [0.05, 0.1) is 12.1 Å². The van der Waals surface area contributed by atoms with Gasteiger partial charge in [0, 0.05) is 18.7 Å². The number of rotatable bonds is 8. The van der Waals surface area contributed by atoms with Crippen LogP contribution < -0.4 is 11.1 Å². The third kappa shape index (κ3) is 7.38. The standard InChI is InChI=1S/C14H21ClN2O2S.ClH/c1-19-13(10-3-5-11(15)6-4-10)9-17-14(18)12(16)7-8-20-2;/h3-6,12-13H,7-9,16H2,1-2H3,(H,17,18);1H/t12-,13?;/m0./s1. The molecule has 2 atom stereocenters. The Morgan fingerprint density at radius 1 is 1.43 bits per heavy atom. The van der Waals surface area contributed by atoms with Crippen LogP contribution in [0.3, 0.4) is 0 Å². The fraction of sp³-hybridized carbons (Fsp3) is 0.500. The van der Waals surface area contributed by atoms with Crippen molar-refractivity contribution in [2.24, 2.45) is 5.73 Å². The lowest BCUT2D eigenvalue weighted by molar-refractivity contribution is -0.122. The lowest BCUT2D eigenvalue weighted by Crippen LogP contribution is -2.42. The van der Waals surface area contributed by atoms with Crippen molar-refractivity contribution in [2.45, 2.75) is 18.6 Å². The molecule has 0 spiro atoms. The Balaban J connectivity index is 0.00000400. The number of ether oxygens (including phenoxy) is 1. The molecule has 1 aromatic carbocycles. The van der Waals surface area contributed by atoms with Crippen LogP contribution in [0.25, 0.3) is 0 Å². The van der Waals surface area contributed by atoms with E-state index in [-0.39, 0.29) is 24.4 Å². The molecule has 0 aliphatic carbocycles. The summed E-state index contributed by atoms with van der Waals surface area (Å²) >= 11 is 7.53. The molecule has 1 rings (SSSR count). The third-order valence-corrected chi connectivity index (χ3v) is 3.85. The quantitative estimate of drug-likeness (QED) is 0.754. The molecule has 0 aromatic heterocycles. The maximum atomic E-state index is 11.8. The highest BCUT2D eigenvalue weighted by Crippen LogP contribution is 2.18. The van der Waals surface area contributed by atoms with Gasteiger partial charge in [-0.15, -0.1) is 12.4 Å². The Hall–Kier alpha value is -0.460. The van der Waals surface area contributed by atoms with Crippen LogP contribution in [0.1, 0.15) is 18.1 Å². The van der Waals surface area contributed by atoms with Gasteiger partial charge in [0.1, 0.15) is 0 Å². The van der Waals surface area contributed by atoms with Gasteiger partial charge in [-0.1, -0.05) is 23.7 Å². The first-order valence-electron chi connectivity index (χ1n) is 6.39. The molecule has 1 amide bonds. The molecule has 0 bridgehead atoms. The molecule has 0 aliphatic heterocycles. The molecule has 4 nitrogen and oxygen atoms in total. The number of thioether (sulfide) groups is 1. The zero-order valence-electron chi connectivity index (χ0n) is 12.2. The minimum Gasteiger partial charge on any atom is -0.375 e. The highest BCUT2D eigenvalue weighted by atomic mass is 35.5. The monoisotopic (exact) mass is 352 g/mol. The van der Waals surface area contributed by atoms with E-state index in [9.17, 15) is 4.79 Å². The van der Waals surface area contributed by atoms with Gasteiger partial charge in [-0.25, -0.2) is 0 Å². The molecular weight excluding hydrogens is 331 g/mol. The second kappa shape index (κ2) is 11.2. The van der Waals surface area contributed by atoms with Crippen LogP contribution in [0.15, 0.2) is 24.3 Å². The Labute approximate surface area is 141 Å². The van der Waals surface area contributed by atoms with Crippen molar-refractivity contribution in [1.82, 2.24) is 5.32 Å². The summed E-state index contributed by atoms with van der Waals surface area (Å²) in [5.41, 5.74) is 6.77. The van der Waals surface area contributed by atoms with Crippen LogP contribution in [-0.2, 0) is 9.53 Å². The zero-order chi connectivity index (χ0) is 15.0. The van der Waals surface area contributed by atoms with Crippen molar-refractivity contribution < 1.29 is 9.53 Å². The van der Waals surface area contributed by atoms with Crippen LogP contribution in [-0.4, -0.2) is 37.6 Å². The number of carbonyl (C=O) groups is 1. The van der Waals surface area contributed by atoms with Crippen molar-refractivity contribution in [3.8, 4) is 0 Å². The van der Waals surface area contributed by atoms with Crippen LogP contribution in [0.5, 0.6) is 0 Å². The minimum absolute atomic E-state index is 0. The summed E-state index contributed by atoms with van der Waals surface area (Å²) in [6.07, 6.45) is 2.46. The number of nitrogens with two attached hydrogens (primary N) is 1. The SMILES string of the molecule is COC(CNC(=O)[C@@H](N)CCSC)c1ccc(Cl)cc1.Cl. The molecule has 0 saturated carbocycles. The molecule has 1 aromatic rings. The van der Waals surface area contributed by atoms with E-state index in [1.807, 2.05) is 18.4 Å². The largest absolute Gasteiger partial charge is 0.375 e. The number of hydrogen-bond donors (Lipinski definition) is 2. The predicted octanol–water partition coefficient (Wildman–Crippen LogP) is 2.65. The van der Waals surface area contributed by atoms with Gasteiger partial charge in [-0.05, 0) is 36.1 Å². The number of nitrogens with one attached hydrogen (secondary N) is 1. The lowest BCUT2D eigenvalue weighted by Gasteiger charge is -2.18. The van der Waals surface area contributed by atoms with E-state index < -0.39 is 6.04 Å². The normalized spacial score (nSPS) is 13.1. The van der Waals surface area contributed by atoms with Gasteiger partial charge in [-0.3, -0.25) is 4.79 Å². The first-order valence-corrected chi connectivity index (χ1v) is 8.16. The molecule has 1 unspecified atom stereocenters. The predicted molar refractivity (Wildman–Crippen MR) is 92.4 cm³/mol. The van der Waals surface area contributed by atoms with Gasteiger partial charge in [-0.2, -0.15) is 11.8 Å². The molecular formula is C14H22Cl2N2O2S. The topological polar surface area (TPSA) is 64.3 Å². The second-order valence-electron chi connectivity index (χ2n) is 4.41. The Bertz CT molecular complexity index is 418. The summed E-state index contributed by atoms with van der Waals surface area (Å²) in [5, 5.41) is 3.50. The zero-order valence-corrected chi connectivity index (χ0v) is 14.6. The number of benzene rings is 1. The molecule has 21 heavy (non-hydrogen) atoms. The summed E-state index contributed by atoms with van der Waals surface area (Å²) < 4.78 is 5.38. The number of carbonyl (C=O) groups excluding carboxylic acids is 1. The van der Waals surface area contributed by atoms with E-state index in [4.69, 9.17) is 22.1 Å². The van der Waals surface area contributed by atoms with E-state index in [2.05, 4.69) is 5.32 Å². The van der Waals surface area contributed by atoms with E-state index in [0.29, 0.717) is 18.0 Å². The summed E-state index contributed by atoms with van der Waals surface area (Å²) in [6, 6.07) is 6.90. The molecule has 0 fully saturated rings. The van der Waals surface area contributed by atoms with E-state index in [0.717, 1.165) is 11.3 Å². The van der Waals surface area contributed by atoms with Gasteiger partial charge in [0.25, 0.3) is 0 Å². The third-order valence-electron chi connectivity index (χ3n) is 2.96. The average Bonchev–Trinajstić information content (AvgIpc) is 2.46. The van der Waals surface area contributed by atoms with Crippen molar-refractivity contribution in [2.75, 3.05) is 25.7 Å². The maximum absolute atomic E-state index is 11.8. The lowest BCUT2D eigenvalue weighted by atomic mass is 10.1. The summed E-state index contributed by atoms with van der Waals surface area (Å²) in [7, 11) is 1.61. The molecule has 0 aliphatic rings. The highest BCUT2D eigenvalue weighted by molar-refractivity contribution is 7.98. The maximum Gasteiger partial charge on any atom is 0.237 e. The Morgan fingerprint density at radius 2 is 2.05 bits per heavy atom. The van der Waals surface area contributed by atoms with Crippen molar-refractivity contribution >= 4 is 41.7 Å². The Morgan fingerprint density at radius 3 is 2.57 bits per heavy atom. The van der Waals surface area contributed by atoms with Crippen LogP contribution in [0.2, 0.25) is 5.02 Å². The summed E-state index contributed by atoms with van der Waals surface area (Å²) in [6.45, 7) is 0.393. The second-order valence-corrected chi connectivity index (χ2v) is 5.83. The molecule has 0 heterocycles. The van der Waals surface area contributed by atoms with Crippen molar-refractivity contribution in [3.63, 3.8) is 0 Å². The molecule has 3 N–H and O–H groups in total. The van der Waals surface area contributed by atoms with E-state index in [1.54, 1.807) is 31.0 Å². The first-order chi connectivity index (χ1) is 9.58. The number of hydrogen-bond acceptors (Lipinski definition) is 4. The highest BCUT2D eigenvalue weighted by Gasteiger charge is 2.16. The minimum atomic E-state index is -0.467. The molecule has 0 saturated heterocycles. The summed E-state index contributed by atoms with van der Waals surface area (Å²) in [5.74, 6) is 0.731. The van der Waals surface area contributed by atoms with Crippen LogP contribution >= 0.6 is 35.8 Å². The average molecular weight is 353 g/mol. The fourth-order valence-electron chi connectivity index (χ4n) is 1.71. The van der Waals surface area contributed by atoms with Crippen LogP contribution in [0.4, 0.5) is 0 Å². The number of methoxy groups -OCH3 is 1. The van der Waals surface area contributed by atoms with Crippen molar-refractivity contribution in [3.05, 3.63) is 34.9 Å².